The summed E-state index contributed by atoms with van der Waals surface area (Å²) in [4.78, 5) is 21.8. The minimum atomic E-state index is -1.97. The molecule has 0 aromatic rings. The van der Waals surface area contributed by atoms with Crippen LogP contribution in [0.4, 0.5) is 0 Å². The molecule has 0 aliphatic carbocycles. The van der Waals surface area contributed by atoms with Gasteiger partial charge in [-0.1, -0.05) is 6.92 Å². The largest absolute Gasteiger partial charge is 0.399 e. The number of carbonyl (C=O) groups excluding carboxylic acids is 2. The maximum Gasteiger partial charge on any atom is 0.228 e. The lowest BCUT2D eigenvalue weighted by Crippen LogP contribution is -2.59. The molecule has 1 saturated heterocycles. The Morgan fingerprint density at radius 2 is 2.00 bits per heavy atom. The minimum absolute atomic E-state index is 0.369. The fourth-order valence-corrected chi connectivity index (χ4v) is 0.926. The van der Waals surface area contributed by atoms with E-state index in [0.717, 1.165) is 0 Å². The van der Waals surface area contributed by atoms with Gasteiger partial charge in [0.05, 0.1) is 7.85 Å². The Morgan fingerprint density at radius 1 is 1.50 bits per heavy atom. The van der Waals surface area contributed by atoms with Crippen molar-refractivity contribution in [2.24, 2.45) is 0 Å². The number of rotatable bonds is 0. The molecule has 0 saturated carbocycles. The van der Waals surface area contributed by atoms with E-state index >= 15 is 0 Å². The van der Waals surface area contributed by atoms with Gasteiger partial charge in [0.1, 0.15) is 7.85 Å². The van der Waals surface area contributed by atoms with Crippen LogP contribution in [0.25, 0.3) is 0 Å². The molecular weight excluding hydrogens is 156 g/mol. The summed E-state index contributed by atoms with van der Waals surface area (Å²) in [6.07, 6.45) is -0.369. The van der Waals surface area contributed by atoms with Gasteiger partial charge in [-0.2, -0.15) is 0 Å². The van der Waals surface area contributed by atoms with Crippen LogP contribution in [0, 0.1) is 0 Å². The molecule has 1 fully saturated rings. The first kappa shape index (κ1) is 9.32. The number of piperidine rings is 1. The number of aliphatic hydroxyl groups is 1. The van der Waals surface area contributed by atoms with Crippen molar-refractivity contribution >= 4 is 27.5 Å². The summed E-state index contributed by atoms with van der Waals surface area (Å²) in [5.41, 5.74) is -1.97. The molecule has 2 unspecified atom stereocenters. The molecule has 4 nitrogen and oxygen atoms in total. The van der Waals surface area contributed by atoms with Gasteiger partial charge in [0.2, 0.25) is 11.8 Å². The van der Waals surface area contributed by atoms with Gasteiger partial charge in [0.25, 0.3) is 0 Å². The molecule has 2 atom stereocenters. The Morgan fingerprint density at radius 3 is 2.42 bits per heavy atom. The van der Waals surface area contributed by atoms with Crippen LogP contribution >= 0.6 is 0 Å². The molecule has 1 aliphatic rings. The summed E-state index contributed by atoms with van der Waals surface area (Å²) >= 11 is 0. The van der Waals surface area contributed by atoms with Crippen LogP contribution in [0.2, 0.25) is 5.31 Å². The van der Waals surface area contributed by atoms with Crippen molar-refractivity contribution in [1.82, 2.24) is 5.32 Å². The zero-order chi connectivity index (χ0) is 9.57. The second-order valence-electron chi connectivity index (χ2n) is 3.18. The summed E-state index contributed by atoms with van der Waals surface area (Å²) in [5, 5.41) is 9.77. The third kappa shape index (κ3) is 1.16. The van der Waals surface area contributed by atoms with Crippen LogP contribution in [-0.4, -0.2) is 38.1 Å². The molecule has 1 aliphatic heterocycles. The lowest BCUT2D eigenvalue weighted by Gasteiger charge is -2.42. The van der Waals surface area contributed by atoms with Crippen molar-refractivity contribution < 1.29 is 14.7 Å². The van der Waals surface area contributed by atoms with E-state index in [2.05, 4.69) is 0 Å². The second kappa shape index (κ2) is 2.36. The summed E-state index contributed by atoms with van der Waals surface area (Å²) < 4.78 is 0. The van der Waals surface area contributed by atoms with Crippen LogP contribution in [-0.2, 0) is 9.59 Å². The van der Waals surface area contributed by atoms with Crippen molar-refractivity contribution in [1.29, 1.82) is 0 Å². The van der Waals surface area contributed by atoms with E-state index in [1.807, 2.05) is 5.32 Å². The molecule has 4 radical (unpaired) electrons. The Bertz CT molecular complexity index is 249. The van der Waals surface area contributed by atoms with Gasteiger partial charge >= 0.3 is 0 Å². The second-order valence-corrected chi connectivity index (χ2v) is 3.18. The highest BCUT2D eigenvalue weighted by molar-refractivity contribution is 6.38. The van der Waals surface area contributed by atoms with Gasteiger partial charge in [-0.3, -0.25) is 14.9 Å². The first-order valence-corrected chi connectivity index (χ1v) is 3.42. The van der Waals surface area contributed by atoms with Crippen LogP contribution in [0.1, 0.15) is 13.3 Å². The van der Waals surface area contributed by atoms with Gasteiger partial charge < -0.3 is 5.11 Å². The van der Waals surface area contributed by atoms with E-state index in [1.54, 1.807) is 0 Å². The van der Waals surface area contributed by atoms with E-state index in [4.69, 9.17) is 15.7 Å². The van der Waals surface area contributed by atoms with Crippen molar-refractivity contribution in [2.75, 3.05) is 0 Å². The predicted octanol–water partition coefficient (Wildman–Crippen LogP) is -1.76. The van der Waals surface area contributed by atoms with E-state index in [1.165, 1.54) is 6.92 Å². The third-order valence-corrected chi connectivity index (χ3v) is 2.05. The summed E-state index contributed by atoms with van der Waals surface area (Å²) in [5.74, 6) is -1.38. The monoisotopic (exact) mass is 163 g/mol. The normalized spacial score (nSPS) is 42.5. The molecule has 2 N–H and O–H groups in total. The zero-order valence-electron chi connectivity index (χ0n) is 6.63. The molecule has 0 spiro atoms. The lowest BCUT2D eigenvalue weighted by molar-refractivity contribution is -0.142. The minimum Gasteiger partial charge on any atom is -0.399 e. The van der Waals surface area contributed by atoms with Crippen LogP contribution in [0.15, 0.2) is 0 Å². The first-order chi connectivity index (χ1) is 5.27. The number of carbonyl (C=O) groups is 2. The molecule has 6 heteroatoms. The average molecular weight is 163 g/mol. The number of hydrogen-bond donors (Lipinski definition) is 2. The topological polar surface area (TPSA) is 66.4 Å². The van der Waals surface area contributed by atoms with Gasteiger partial charge in [-0.05, 0) is 0 Å². The Labute approximate surface area is 72.5 Å². The molecule has 60 valence electrons. The van der Waals surface area contributed by atoms with Gasteiger partial charge in [-0.15, -0.1) is 0 Å². The predicted molar refractivity (Wildman–Crippen MR) is 42.6 cm³/mol. The molecule has 1 rings (SSSR count). The molecule has 2 amide bonds. The molecular formula is C6H7B2NO3. The fourth-order valence-electron chi connectivity index (χ4n) is 0.926. The highest BCUT2D eigenvalue weighted by Crippen LogP contribution is 2.38. The van der Waals surface area contributed by atoms with Gasteiger partial charge in [0, 0.05) is 17.2 Å². The Balaban J connectivity index is 3.02. The van der Waals surface area contributed by atoms with Crippen molar-refractivity contribution in [3.63, 3.8) is 0 Å². The van der Waals surface area contributed by atoms with E-state index in [-0.39, 0.29) is 6.42 Å². The third-order valence-electron chi connectivity index (χ3n) is 2.05. The number of nitrogens with one attached hydrogen (secondary N) is 1. The van der Waals surface area contributed by atoms with Crippen molar-refractivity contribution in [3.05, 3.63) is 0 Å². The van der Waals surface area contributed by atoms with Gasteiger partial charge in [0.15, 0.2) is 0 Å². The average Bonchev–Trinajstić information content (AvgIpc) is 1.82. The summed E-state index contributed by atoms with van der Waals surface area (Å²) in [6, 6.07) is 0. The fraction of sp³-hybridized carbons (Fsp3) is 0.667. The number of imide groups is 1. The maximum absolute atomic E-state index is 11.0. The number of hydrogen-bond acceptors (Lipinski definition) is 3. The quantitative estimate of drug-likeness (QED) is 0.328. The van der Waals surface area contributed by atoms with Crippen molar-refractivity contribution in [3.8, 4) is 0 Å². The highest BCUT2D eigenvalue weighted by Gasteiger charge is 2.49. The van der Waals surface area contributed by atoms with E-state index in [0.29, 0.717) is 0 Å². The lowest BCUT2D eigenvalue weighted by atomic mass is 9.49. The SMILES string of the molecule is [B]C1(O)CC(=O)NC(=O)C1([B])C. The Hall–Kier alpha value is -0.770. The smallest absolute Gasteiger partial charge is 0.228 e. The highest BCUT2D eigenvalue weighted by atomic mass is 16.3. The first-order valence-electron chi connectivity index (χ1n) is 3.42. The molecule has 0 bridgehead atoms. The van der Waals surface area contributed by atoms with E-state index < -0.39 is 22.6 Å². The van der Waals surface area contributed by atoms with Crippen LogP contribution in [0.5, 0.6) is 0 Å². The summed E-state index contributed by atoms with van der Waals surface area (Å²) in [7, 11) is 10.7. The van der Waals surface area contributed by atoms with E-state index in [9.17, 15) is 14.7 Å². The van der Waals surface area contributed by atoms with Crippen molar-refractivity contribution in [2.45, 2.75) is 24.2 Å². The van der Waals surface area contributed by atoms with Crippen LogP contribution in [0.3, 0.4) is 0 Å². The zero-order valence-corrected chi connectivity index (χ0v) is 6.63. The number of amides is 2. The molecule has 12 heavy (non-hydrogen) atoms. The van der Waals surface area contributed by atoms with Gasteiger partial charge in [-0.25, -0.2) is 0 Å². The maximum atomic E-state index is 11.0. The molecule has 0 aromatic carbocycles. The molecule has 1 heterocycles. The Kier molecular flexibility index (Phi) is 1.83. The summed E-state index contributed by atoms with van der Waals surface area (Å²) in [6.45, 7) is 1.27. The standard InChI is InChI=1S/C6H7B2NO3/c1-5(7)4(11)9-3(10)2-6(5,8)12/h12H,2H2,1H3,(H,9,10,11). The molecule has 0 aromatic heterocycles. The van der Waals surface area contributed by atoms with Crippen LogP contribution < -0.4 is 5.32 Å².